The molecule has 2 fully saturated rings. The first-order chi connectivity index (χ1) is 12.4. The summed E-state index contributed by atoms with van der Waals surface area (Å²) < 4.78 is 28.8. The van der Waals surface area contributed by atoms with E-state index in [-0.39, 0.29) is 0 Å². The monoisotopic (exact) mass is 381 g/mol. The zero-order chi connectivity index (χ0) is 18.7. The van der Waals surface area contributed by atoms with Crippen molar-refractivity contribution in [2.75, 3.05) is 45.8 Å². The summed E-state index contributed by atoms with van der Waals surface area (Å²) in [5.41, 5.74) is 3.20. The van der Waals surface area contributed by atoms with Crippen molar-refractivity contribution in [1.82, 2.24) is 13.5 Å². The van der Waals surface area contributed by atoms with Gasteiger partial charge in [-0.1, -0.05) is 30.2 Å². The summed E-state index contributed by atoms with van der Waals surface area (Å²) in [6.07, 6.45) is 2.50. The summed E-state index contributed by atoms with van der Waals surface area (Å²) in [5, 5.41) is 10.6. The minimum atomic E-state index is -3.32. The van der Waals surface area contributed by atoms with E-state index >= 15 is 0 Å². The fourth-order valence-corrected chi connectivity index (χ4v) is 5.53. The van der Waals surface area contributed by atoms with Gasteiger partial charge in [0, 0.05) is 45.8 Å². The van der Waals surface area contributed by atoms with Crippen LogP contribution in [0.5, 0.6) is 0 Å². The Hall–Kier alpha value is -0.990. The quantitative estimate of drug-likeness (QED) is 0.843. The third kappa shape index (κ3) is 4.46. The third-order valence-corrected chi connectivity index (χ3v) is 7.56. The number of rotatable bonds is 5. The molecule has 1 aromatic rings. The predicted molar refractivity (Wildman–Crippen MR) is 103 cm³/mol. The van der Waals surface area contributed by atoms with E-state index in [4.69, 9.17) is 0 Å². The van der Waals surface area contributed by atoms with Crippen LogP contribution in [0.3, 0.4) is 0 Å². The van der Waals surface area contributed by atoms with Crippen molar-refractivity contribution in [3.8, 4) is 0 Å². The second kappa shape index (κ2) is 8.35. The SMILES string of the molecule is Cc1ccc(C)c([C@H](O)CN2CCN(S(=O)(=O)N3CCCCC3)CC2)c1. The van der Waals surface area contributed by atoms with Crippen LogP contribution in [0.4, 0.5) is 0 Å². The molecule has 1 atom stereocenters. The molecule has 0 amide bonds. The lowest BCUT2D eigenvalue weighted by atomic mass is 10.0. The molecule has 1 N–H and O–H groups in total. The van der Waals surface area contributed by atoms with E-state index in [2.05, 4.69) is 11.0 Å². The summed E-state index contributed by atoms with van der Waals surface area (Å²) in [6, 6.07) is 6.13. The van der Waals surface area contributed by atoms with Crippen LogP contribution < -0.4 is 0 Å². The number of hydrogen-bond acceptors (Lipinski definition) is 4. The summed E-state index contributed by atoms with van der Waals surface area (Å²) in [5.74, 6) is 0. The fraction of sp³-hybridized carbons (Fsp3) is 0.684. The van der Waals surface area contributed by atoms with Crippen LogP contribution in [-0.4, -0.2) is 72.8 Å². The molecule has 2 heterocycles. The van der Waals surface area contributed by atoms with Crippen molar-refractivity contribution >= 4 is 10.2 Å². The van der Waals surface area contributed by atoms with Crippen molar-refractivity contribution in [3.05, 3.63) is 34.9 Å². The van der Waals surface area contributed by atoms with E-state index in [0.29, 0.717) is 45.8 Å². The number of piperidine rings is 1. The van der Waals surface area contributed by atoms with Crippen LogP contribution in [0, 0.1) is 13.8 Å². The van der Waals surface area contributed by atoms with E-state index in [1.54, 1.807) is 8.61 Å². The Morgan fingerprint density at radius 1 is 0.962 bits per heavy atom. The minimum Gasteiger partial charge on any atom is -0.387 e. The summed E-state index contributed by atoms with van der Waals surface area (Å²) in [4.78, 5) is 2.16. The third-order valence-electron chi connectivity index (χ3n) is 5.52. The van der Waals surface area contributed by atoms with Gasteiger partial charge in [0.1, 0.15) is 0 Å². The first kappa shape index (κ1) is 19.8. The Bertz CT molecular complexity index is 709. The predicted octanol–water partition coefficient (Wildman–Crippen LogP) is 1.69. The molecule has 26 heavy (non-hydrogen) atoms. The van der Waals surface area contributed by atoms with Crippen LogP contribution in [0.1, 0.15) is 42.1 Å². The molecule has 1 aromatic carbocycles. The highest BCUT2D eigenvalue weighted by molar-refractivity contribution is 7.86. The second-order valence-corrected chi connectivity index (χ2v) is 9.47. The average molecular weight is 382 g/mol. The highest BCUT2D eigenvalue weighted by Crippen LogP contribution is 2.22. The molecule has 2 saturated heterocycles. The number of nitrogens with zero attached hydrogens (tertiary/aromatic N) is 3. The summed E-state index contributed by atoms with van der Waals surface area (Å²) >= 11 is 0. The molecule has 0 aromatic heterocycles. The average Bonchev–Trinajstić information content (AvgIpc) is 2.65. The normalized spacial score (nSPS) is 22.4. The van der Waals surface area contributed by atoms with Gasteiger partial charge >= 0.3 is 0 Å². The standard InChI is InChI=1S/C19H31N3O3S/c1-16-6-7-17(2)18(14-16)19(23)15-20-10-12-22(13-11-20)26(24,25)21-8-4-3-5-9-21/h6-7,14,19,23H,3-5,8-13,15H2,1-2H3/t19-/m1/s1. The first-order valence-corrected chi connectivity index (χ1v) is 11.0. The van der Waals surface area contributed by atoms with E-state index < -0.39 is 16.3 Å². The van der Waals surface area contributed by atoms with Gasteiger partial charge < -0.3 is 5.11 Å². The van der Waals surface area contributed by atoms with Gasteiger partial charge in [-0.2, -0.15) is 17.0 Å². The largest absolute Gasteiger partial charge is 0.387 e. The number of aliphatic hydroxyl groups is 1. The molecule has 2 aliphatic rings. The molecule has 2 aliphatic heterocycles. The van der Waals surface area contributed by atoms with E-state index in [9.17, 15) is 13.5 Å². The van der Waals surface area contributed by atoms with Crippen molar-refractivity contribution in [2.24, 2.45) is 0 Å². The molecule has 0 spiro atoms. The minimum absolute atomic E-state index is 0.498. The first-order valence-electron chi connectivity index (χ1n) is 9.61. The molecule has 146 valence electrons. The van der Waals surface area contributed by atoms with Gasteiger partial charge in [-0.05, 0) is 37.8 Å². The molecule has 0 radical (unpaired) electrons. The van der Waals surface area contributed by atoms with Crippen LogP contribution in [0.2, 0.25) is 0 Å². The molecule has 3 rings (SSSR count). The molecule has 0 unspecified atom stereocenters. The molecular weight excluding hydrogens is 350 g/mol. The lowest BCUT2D eigenvalue weighted by Gasteiger charge is -2.38. The Morgan fingerprint density at radius 2 is 1.58 bits per heavy atom. The van der Waals surface area contributed by atoms with Crippen molar-refractivity contribution < 1.29 is 13.5 Å². The Kier molecular flexibility index (Phi) is 6.35. The van der Waals surface area contributed by atoms with Gasteiger partial charge in [-0.15, -0.1) is 0 Å². The lowest BCUT2D eigenvalue weighted by Crippen LogP contribution is -2.54. The highest BCUT2D eigenvalue weighted by atomic mass is 32.2. The maximum Gasteiger partial charge on any atom is 0.282 e. The maximum absolute atomic E-state index is 12.8. The Balaban J connectivity index is 1.56. The van der Waals surface area contributed by atoms with E-state index in [1.165, 1.54) is 0 Å². The van der Waals surface area contributed by atoms with Crippen molar-refractivity contribution in [2.45, 2.75) is 39.2 Å². The van der Waals surface area contributed by atoms with Crippen LogP contribution in [0.15, 0.2) is 18.2 Å². The van der Waals surface area contributed by atoms with Gasteiger partial charge in [0.2, 0.25) is 0 Å². The number of piperazine rings is 1. The van der Waals surface area contributed by atoms with E-state index in [0.717, 1.165) is 36.0 Å². The van der Waals surface area contributed by atoms with Crippen LogP contribution in [-0.2, 0) is 10.2 Å². The lowest BCUT2D eigenvalue weighted by molar-refractivity contribution is 0.0901. The number of β-amino-alcohol motifs (C(OH)–C–C–N with tert-alkyl or cyclic N) is 1. The number of aliphatic hydroxyl groups excluding tert-OH is 1. The van der Waals surface area contributed by atoms with Gasteiger partial charge in [-0.25, -0.2) is 0 Å². The molecule has 7 heteroatoms. The zero-order valence-electron chi connectivity index (χ0n) is 15.9. The van der Waals surface area contributed by atoms with Gasteiger partial charge in [-0.3, -0.25) is 4.90 Å². The van der Waals surface area contributed by atoms with Crippen molar-refractivity contribution in [1.29, 1.82) is 0 Å². The molecule has 0 bridgehead atoms. The molecule has 6 nitrogen and oxygen atoms in total. The Morgan fingerprint density at radius 3 is 2.23 bits per heavy atom. The zero-order valence-corrected chi connectivity index (χ0v) is 16.7. The summed E-state index contributed by atoms with van der Waals surface area (Å²) in [7, 11) is -3.32. The summed E-state index contributed by atoms with van der Waals surface area (Å²) in [6.45, 7) is 8.20. The number of aryl methyl sites for hydroxylation is 2. The second-order valence-electron chi connectivity index (χ2n) is 7.54. The van der Waals surface area contributed by atoms with Crippen LogP contribution in [0.25, 0.3) is 0 Å². The highest BCUT2D eigenvalue weighted by Gasteiger charge is 2.33. The topological polar surface area (TPSA) is 64.1 Å². The number of benzene rings is 1. The van der Waals surface area contributed by atoms with Crippen molar-refractivity contribution in [3.63, 3.8) is 0 Å². The molecule has 0 saturated carbocycles. The van der Waals surface area contributed by atoms with E-state index in [1.807, 2.05) is 26.0 Å². The van der Waals surface area contributed by atoms with Gasteiger partial charge in [0.15, 0.2) is 0 Å². The van der Waals surface area contributed by atoms with Gasteiger partial charge in [0.05, 0.1) is 6.10 Å². The Labute approximate surface area is 157 Å². The number of hydrogen-bond donors (Lipinski definition) is 1. The van der Waals surface area contributed by atoms with Gasteiger partial charge in [0.25, 0.3) is 10.2 Å². The maximum atomic E-state index is 12.8. The fourth-order valence-electron chi connectivity index (χ4n) is 3.86. The van der Waals surface area contributed by atoms with Crippen LogP contribution >= 0.6 is 0 Å². The molecular formula is C19H31N3O3S. The molecule has 0 aliphatic carbocycles. The smallest absolute Gasteiger partial charge is 0.282 e.